The van der Waals surface area contributed by atoms with Crippen molar-refractivity contribution in [1.29, 1.82) is 0 Å². The first-order valence-corrected chi connectivity index (χ1v) is 11.0. The third kappa shape index (κ3) is 4.57. The summed E-state index contributed by atoms with van der Waals surface area (Å²) in [6.07, 6.45) is -0.458. The second kappa shape index (κ2) is 7.58. The first kappa shape index (κ1) is 19.2. The van der Waals surface area contributed by atoms with Gasteiger partial charge in [-0.1, -0.05) is 35.5 Å². The fourth-order valence-electron chi connectivity index (χ4n) is 2.98. The second-order valence-corrected chi connectivity index (χ2v) is 10.0. The van der Waals surface area contributed by atoms with E-state index in [0.717, 1.165) is 5.56 Å². The molecule has 0 bridgehead atoms. The van der Waals surface area contributed by atoms with E-state index in [-0.39, 0.29) is 35.6 Å². The van der Waals surface area contributed by atoms with Crippen LogP contribution in [0.4, 0.5) is 0 Å². The van der Waals surface area contributed by atoms with Crippen molar-refractivity contribution >= 4 is 50.2 Å². The van der Waals surface area contributed by atoms with Crippen molar-refractivity contribution in [2.75, 3.05) is 11.5 Å². The number of carbonyl (C=O) groups is 2. The van der Waals surface area contributed by atoms with Gasteiger partial charge in [0.25, 0.3) is 0 Å². The molecule has 0 saturated carbocycles. The topological polar surface area (TPSA) is 104 Å². The Kier molecular flexibility index (Phi) is 5.59. The highest BCUT2D eigenvalue weighted by Crippen LogP contribution is 2.39. The van der Waals surface area contributed by atoms with Crippen molar-refractivity contribution in [3.05, 3.63) is 34.9 Å². The molecule has 0 radical (unpaired) electrons. The van der Waals surface area contributed by atoms with Crippen molar-refractivity contribution in [3.63, 3.8) is 0 Å². The standard InChI is InChI=1S/C16H17ClN2O5S2/c17-11-3-1-10(2-4-11)7-19-12-8-26(23,24)9-13(12)25-16(19)18-14(20)5-6-15(21)22/h1-4,12-13H,5-9H2,(H,21,22)/t12-,13+/m1/s1. The molecule has 2 fully saturated rings. The molecule has 10 heteroatoms. The molecule has 0 aliphatic carbocycles. The van der Waals surface area contributed by atoms with Crippen LogP contribution in [0.5, 0.6) is 0 Å². The van der Waals surface area contributed by atoms with Gasteiger partial charge >= 0.3 is 5.97 Å². The normalized spacial score (nSPS) is 25.4. The summed E-state index contributed by atoms with van der Waals surface area (Å²) in [6, 6.07) is 6.93. The Morgan fingerprint density at radius 3 is 2.58 bits per heavy atom. The van der Waals surface area contributed by atoms with E-state index < -0.39 is 21.7 Å². The minimum absolute atomic E-state index is 0.0284. The molecular weight excluding hydrogens is 400 g/mol. The number of aliphatic imine (C=N–C) groups is 1. The van der Waals surface area contributed by atoms with Gasteiger partial charge < -0.3 is 10.0 Å². The van der Waals surface area contributed by atoms with Crippen LogP contribution < -0.4 is 0 Å². The summed E-state index contributed by atoms with van der Waals surface area (Å²) in [5, 5.41) is 9.58. The molecule has 2 atom stereocenters. The molecule has 1 N–H and O–H groups in total. The van der Waals surface area contributed by atoms with Crippen molar-refractivity contribution in [2.45, 2.75) is 30.7 Å². The molecule has 0 spiro atoms. The van der Waals surface area contributed by atoms with Gasteiger partial charge in [0, 0.05) is 23.2 Å². The van der Waals surface area contributed by atoms with Gasteiger partial charge in [-0.05, 0) is 17.7 Å². The lowest BCUT2D eigenvalue weighted by Crippen LogP contribution is -2.37. The van der Waals surface area contributed by atoms with Crippen LogP contribution in [0.1, 0.15) is 18.4 Å². The minimum Gasteiger partial charge on any atom is -0.481 e. The average molecular weight is 417 g/mol. The Bertz CT molecular complexity index is 854. The Balaban J connectivity index is 1.82. The van der Waals surface area contributed by atoms with Gasteiger partial charge in [0.05, 0.1) is 24.0 Å². The lowest BCUT2D eigenvalue weighted by Gasteiger charge is -2.24. The molecule has 2 aliphatic heterocycles. The number of hydrogen-bond acceptors (Lipinski definition) is 5. The molecule has 1 aromatic rings. The van der Waals surface area contributed by atoms with Gasteiger partial charge in [0.2, 0.25) is 5.91 Å². The van der Waals surface area contributed by atoms with Crippen LogP contribution in [-0.4, -0.2) is 58.3 Å². The number of carboxylic acids is 1. The van der Waals surface area contributed by atoms with Crippen LogP contribution >= 0.6 is 23.4 Å². The highest BCUT2D eigenvalue weighted by Gasteiger charge is 2.48. The van der Waals surface area contributed by atoms with Crippen LogP contribution in [-0.2, 0) is 26.0 Å². The Hall–Kier alpha value is -1.58. The van der Waals surface area contributed by atoms with Gasteiger partial charge in [-0.15, -0.1) is 0 Å². The number of hydrogen-bond donors (Lipinski definition) is 1. The van der Waals surface area contributed by atoms with E-state index >= 15 is 0 Å². The zero-order chi connectivity index (χ0) is 18.9. The molecule has 2 aliphatic rings. The number of fused-ring (bicyclic) bond motifs is 1. The largest absolute Gasteiger partial charge is 0.481 e. The van der Waals surface area contributed by atoms with Crippen molar-refractivity contribution in [3.8, 4) is 0 Å². The van der Waals surface area contributed by atoms with E-state index in [2.05, 4.69) is 4.99 Å². The van der Waals surface area contributed by atoms with Crippen LogP contribution in [0.15, 0.2) is 29.3 Å². The second-order valence-electron chi connectivity index (χ2n) is 6.24. The molecule has 26 heavy (non-hydrogen) atoms. The predicted octanol–water partition coefficient (Wildman–Crippen LogP) is 1.80. The van der Waals surface area contributed by atoms with Crippen LogP contribution in [0.3, 0.4) is 0 Å². The summed E-state index contributed by atoms with van der Waals surface area (Å²) in [7, 11) is -3.11. The molecule has 1 amide bonds. The van der Waals surface area contributed by atoms with Crippen LogP contribution in [0.2, 0.25) is 5.02 Å². The van der Waals surface area contributed by atoms with E-state index in [4.69, 9.17) is 16.7 Å². The minimum atomic E-state index is -3.11. The van der Waals surface area contributed by atoms with E-state index in [1.807, 2.05) is 17.0 Å². The molecule has 3 rings (SSSR count). The molecule has 0 unspecified atom stereocenters. The Labute approximate surface area is 160 Å². The average Bonchev–Trinajstić information content (AvgIpc) is 3.00. The molecule has 7 nitrogen and oxygen atoms in total. The van der Waals surface area contributed by atoms with E-state index in [0.29, 0.717) is 16.7 Å². The maximum atomic E-state index is 12.0. The van der Waals surface area contributed by atoms with Crippen LogP contribution in [0.25, 0.3) is 0 Å². The third-order valence-electron chi connectivity index (χ3n) is 4.21. The Morgan fingerprint density at radius 2 is 1.92 bits per heavy atom. The number of carbonyl (C=O) groups excluding carboxylic acids is 1. The zero-order valence-corrected chi connectivity index (χ0v) is 16.1. The van der Waals surface area contributed by atoms with Gasteiger partial charge in [-0.25, -0.2) is 8.42 Å². The summed E-state index contributed by atoms with van der Waals surface area (Å²) >= 11 is 7.18. The summed E-state index contributed by atoms with van der Waals surface area (Å²) in [5.41, 5.74) is 0.922. The number of nitrogens with zero attached hydrogens (tertiary/aromatic N) is 2. The lowest BCUT2D eigenvalue weighted by atomic mass is 10.1. The summed E-state index contributed by atoms with van der Waals surface area (Å²) in [4.78, 5) is 28.5. The summed E-state index contributed by atoms with van der Waals surface area (Å²) < 4.78 is 23.9. The monoisotopic (exact) mass is 416 g/mol. The summed E-state index contributed by atoms with van der Waals surface area (Å²) in [5.74, 6) is -1.49. The molecule has 2 heterocycles. The van der Waals surface area contributed by atoms with Crippen molar-refractivity contribution < 1.29 is 23.1 Å². The van der Waals surface area contributed by atoms with Crippen LogP contribution in [0, 0.1) is 0 Å². The van der Waals surface area contributed by atoms with Crippen molar-refractivity contribution in [2.24, 2.45) is 4.99 Å². The quantitative estimate of drug-likeness (QED) is 0.780. The molecular formula is C16H17ClN2O5S2. The number of sulfone groups is 1. The molecule has 140 valence electrons. The number of carboxylic acid groups (broad SMARTS) is 1. The molecule has 2 saturated heterocycles. The number of rotatable bonds is 5. The van der Waals surface area contributed by atoms with Gasteiger partial charge in [-0.2, -0.15) is 4.99 Å². The number of benzene rings is 1. The van der Waals surface area contributed by atoms with E-state index in [9.17, 15) is 18.0 Å². The highest BCUT2D eigenvalue weighted by molar-refractivity contribution is 8.15. The first-order chi connectivity index (χ1) is 12.2. The molecule has 1 aromatic carbocycles. The fraction of sp³-hybridized carbons (Fsp3) is 0.438. The predicted molar refractivity (Wildman–Crippen MR) is 100 cm³/mol. The summed E-state index contributed by atoms with van der Waals surface area (Å²) in [6.45, 7) is 0.409. The zero-order valence-electron chi connectivity index (χ0n) is 13.7. The van der Waals surface area contributed by atoms with Gasteiger partial charge in [-0.3, -0.25) is 9.59 Å². The maximum Gasteiger partial charge on any atom is 0.303 e. The number of aliphatic carboxylic acids is 1. The van der Waals surface area contributed by atoms with Crippen molar-refractivity contribution in [1.82, 2.24) is 4.90 Å². The Morgan fingerprint density at radius 1 is 1.23 bits per heavy atom. The SMILES string of the molecule is O=C(O)CCC(=O)N=C1S[C@H]2CS(=O)(=O)C[C@H]2N1Cc1ccc(Cl)cc1. The number of thioether (sulfide) groups is 1. The third-order valence-corrected chi connectivity index (χ3v) is 7.71. The fourth-order valence-corrected chi connectivity index (χ4v) is 7.08. The van der Waals surface area contributed by atoms with E-state index in [1.165, 1.54) is 11.8 Å². The van der Waals surface area contributed by atoms with Gasteiger partial charge in [0.1, 0.15) is 0 Å². The number of amidine groups is 1. The van der Waals surface area contributed by atoms with E-state index in [1.54, 1.807) is 12.1 Å². The molecule has 0 aromatic heterocycles. The lowest BCUT2D eigenvalue weighted by molar-refractivity contribution is -0.138. The number of amides is 1. The number of halogens is 1. The maximum absolute atomic E-state index is 12.0. The first-order valence-electron chi connectivity index (χ1n) is 7.95. The smallest absolute Gasteiger partial charge is 0.303 e. The van der Waals surface area contributed by atoms with Gasteiger partial charge in [0.15, 0.2) is 15.0 Å². The highest BCUT2D eigenvalue weighted by atomic mass is 35.5.